The summed E-state index contributed by atoms with van der Waals surface area (Å²) >= 11 is 1.52. The van der Waals surface area contributed by atoms with Crippen molar-refractivity contribution in [3.8, 4) is 0 Å². The highest BCUT2D eigenvalue weighted by Gasteiger charge is 2.18. The fourth-order valence-electron chi connectivity index (χ4n) is 1.83. The number of aromatic nitrogens is 3. The molecule has 2 aromatic rings. The number of aldehydes is 1. The molecule has 82 valence electrons. The van der Waals surface area contributed by atoms with Gasteiger partial charge in [0.25, 0.3) is 0 Å². The Morgan fingerprint density at radius 3 is 3.12 bits per heavy atom. The van der Waals surface area contributed by atoms with Crippen molar-refractivity contribution in [3.63, 3.8) is 0 Å². The van der Waals surface area contributed by atoms with E-state index in [2.05, 4.69) is 19.7 Å². The highest BCUT2D eigenvalue weighted by Crippen LogP contribution is 2.27. The fraction of sp³-hybridized carbons (Fsp3) is 0.300. The van der Waals surface area contributed by atoms with Crippen LogP contribution in [0, 0.1) is 0 Å². The van der Waals surface area contributed by atoms with Crippen LogP contribution >= 0.6 is 11.3 Å². The van der Waals surface area contributed by atoms with E-state index in [1.165, 1.54) is 11.3 Å². The molecule has 0 N–H and O–H groups in total. The standard InChI is InChI=1S/C10H10N4OS/c15-6-8-1-2-10(16-8)13-3-4-14-7-11-12-9(14)5-13/h1-2,6-7H,3-5H2. The van der Waals surface area contributed by atoms with Crippen molar-refractivity contribution in [2.45, 2.75) is 13.1 Å². The van der Waals surface area contributed by atoms with Gasteiger partial charge in [-0.2, -0.15) is 0 Å². The van der Waals surface area contributed by atoms with Crippen LogP contribution in [0.2, 0.25) is 0 Å². The number of anilines is 1. The van der Waals surface area contributed by atoms with Crippen molar-refractivity contribution < 1.29 is 4.79 Å². The van der Waals surface area contributed by atoms with E-state index < -0.39 is 0 Å². The van der Waals surface area contributed by atoms with Gasteiger partial charge in [-0.25, -0.2) is 0 Å². The summed E-state index contributed by atoms with van der Waals surface area (Å²) in [5.74, 6) is 0.979. The van der Waals surface area contributed by atoms with E-state index in [1.807, 2.05) is 12.1 Å². The molecule has 0 fully saturated rings. The zero-order valence-corrected chi connectivity index (χ0v) is 9.35. The van der Waals surface area contributed by atoms with Gasteiger partial charge in [-0.1, -0.05) is 0 Å². The van der Waals surface area contributed by atoms with Crippen LogP contribution in [0.1, 0.15) is 15.5 Å². The quantitative estimate of drug-likeness (QED) is 0.732. The Balaban J connectivity index is 1.85. The molecular weight excluding hydrogens is 224 g/mol. The average Bonchev–Trinajstić information content (AvgIpc) is 2.96. The van der Waals surface area contributed by atoms with Gasteiger partial charge in [0.2, 0.25) is 0 Å². The number of hydrogen-bond acceptors (Lipinski definition) is 5. The maximum Gasteiger partial charge on any atom is 0.160 e. The SMILES string of the molecule is O=Cc1ccc(N2CCn3cnnc3C2)s1. The molecule has 2 aromatic heterocycles. The number of carbonyl (C=O) groups excluding carboxylic acids is 1. The average molecular weight is 234 g/mol. The Morgan fingerprint density at radius 1 is 1.38 bits per heavy atom. The minimum absolute atomic E-state index is 0.763. The minimum atomic E-state index is 0.763. The van der Waals surface area contributed by atoms with Crippen molar-refractivity contribution in [1.82, 2.24) is 14.8 Å². The van der Waals surface area contributed by atoms with Crippen LogP contribution in [0.5, 0.6) is 0 Å². The van der Waals surface area contributed by atoms with Crippen molar-refractivity contribution in [2.75, 3.05) is 11.4 Å². The molecule has 0 spiro atoms. The maximum absolute atomic E-state index is 10.6. The molecule has 3 rings (SSSR count). The number of hydrogen-bond donors (Lipinski definition) is 0. The Kier molecular flexibility index (Phi) is 2.21. The van der Waals surface area contributed by atoms with Gasteiger partial charge in [0.05, 0.1) is 16.4 Å². The number of fused-ring (bicyclic) bond motifs is 1. The fourth-order valence-corrected chi connectivity index (χ4v) is 2.68. The summed E-state index contributed by atoms with van der Waals surface area (Å²) in [5, 5.41) is 9.07. The topological polar surface area (TPSA) is 51.0 Å². The summed E-state index contributed by atoms with van der Waals surface area (Å²) < 4.78 is 2.06. The molecule has 0 radical (unpaired) electrons. The third-order valence-corrected chi connectivity index (χ3v) is 3.75. The molecule has 0 saturated heterocycles. The zero-order valence-electron chi connectivity index (χ0n) is 8.54. The number of nitrogens with zero attached hydrogens (tertiary/aromatic N) is 4. The van der Waals surface area contributed by atoms with Gasteiger partial charge in [-0.05, 0) is 12.1 Å². The van der Waals surface area contributed by atoms with Crippen molar-refractivity contribution in [1.29, 1.82) is 0 Å². The van der Waals surface area contributed by atoms with E-state index in [0.29, 0.717) is 0 Å². The van der Waals surface area contributed by atoms with Gasteiger partial charge in [0.1, 0.15) is 6.33 Å². The molecule has 5 nitrogen and oxygen atoms in total. The van der Waals surface area contributed by atoms with Crippen LogP contribution in [-0.4, -0.2) is 27.6 Å². The molecule has 0 saturated carbocycles. The van der Waals surface area contributed by atoms with Crippen molar-refractivity contribution in [2.24, 2.45) is 0 Å². The van der Waals surface area contributed by atoms with E-state index in [4.69, 9.17) is 0 Å². The summed E-state index contributed by atoms with van der Waals surface area (Å²) in [6, 6.07) is 3.84. The Morgan fingerprint density at radius 2 is 2.31 bits per heavy atom. The van der Waals surface area contributed by atoms with E-state index in [0.717, 1.165) is 41.6 Å². The molecule has 0 unspecified atom stereocenters. The van der Waals surface area contributed by atoms with Gasteiger partial charge in [0.15, 0.2) is 12.1 Å². The van der Waals surface area contributed by atoms with Crippen LogP contribution in [0.4, 0.5) is 5.00 Å². The highest BCUT2D eigenvalue weighted by molar-refractivity contribution is 7.17. The van der Waals surface area contributed by atoms with Crippen LogP contribution in [0.15, 0.2) is 18.5 Å². The zero-order chi connectivity index (χ0) is 11.0. The number of carbonyl (C=O) groups is 1. The van der Waals surface area contributed by atoms with E-state index in [1.54, 1.807) is 6.33 Å². The second-order valence-corrected chi connectivity index (χ2v) is 4.75. The smallest absolute Gasteiger partial charge is 0.160 e. The molecule has 0 atom stereocenters. The van der Waals surface area contributed by atoms with Gasteiger partial charge in [-0.3, -0.25) is 4.79 Å². The highest BCUT2D eigenvalue weighted by atomic mass is 32.1. The summed E-state index contributed by atoms with van der Waals surface area (Å²) in [5.41, 5.74) is 0. The molecule has 0 aliphatic carbocycles. The molecule has 0 amide bonds. The molecule has 0 aromatic carbocycles. The molecule has 16 heavy (non-hydrogen) atoms. The predicted octanol–water partition coefficient (Wildman–Crippen LogP) is 1.17. The lowest BCUT2D eigenvalue weighted by molar-refractivity contribution is 0.112. The van der Waals surface area contributed by atoms with Gasteiger partial charge in [0, 0.05) is 13.1 Å². The molecule has 0 bridgehead atoms. The Labute approximate surface area is 96.3 Å². The number of thiophene rings is 1. The second-order valence-electron chi connectivity index (χ2n) is 3.66. The Hall–Kier alpha value is -1.69. The monoisotopic (exact) mass is 234 g/mol. The third kappa shape index (κ3) is 1.51. The second kappa shape index (κ2) is 3.71. The van der Waals surface area contributed by atoms with Gasteiger partial charge >= 0.3 is 0 Å². The minimum Gasteiger partial charge on any atom is -0.354 e. The lowest BCUT2D eigenvalue weighted by Crippen LogP contribution is -2.32. The summed E-state index contributed by atoms with van der Waals surface area (Å²) in [7, 11) is 0. The van der Waals surface area contributed by atoms with Crippen molar-refractivity contribution in [3.05, 3.63) is 29.2 Å². The van der Waals surface area contributed by atoms with Crippen LogP contribution in [0.3, 0.4) is 0 Å². The number of rotatable bonds is 2. The van der Waals surface area contributed by atoms with Gasteiger partial charge in [-0.15, -0.1) is 21.5 Å². The van der Waals surface area contributed by atoms with Gasteiger partial charge < -0.3 is 9.47 Å². The largest absolute Gasteiger partial charge is 0.354 e. The lowest BCUT2D eigenvalue weighted by Gasteiger charge is -2.27. The Bertz CT molecular complexity index is 518. The first-order chi connectivity index (χ1) is 7.86. The lowest BCUT2D eigenvalue weighted by atomic mass is 10.3. The molecule has 1 aliphatic rings. The maximum atomic E-state index is 10.6. The summed E-state index contributed by atoms with van der Waals surface area (Å²) in [6.07, 6.45) is 2.65. The molecule has 1 aliphatic heterocycles. The predicted molar refractivity (Wildman–Crippen MR) is 60.8 cm³/mol. The molecular formula is C10H10N4OS. The molecule has 6 heteroatoms. The van der Waals surface area contributed by atoms with E-state index in [9.17, 15) is 4.79 Å². The summed E-state index contributed by atoms with van der Waals surface area (Å²) in [6.45, 7) is 2.60. The van der Waals surface area contributed by atoms with Crippen molar-refractivity contribution >= 4 is 22.6 Å². The molecule has 3 heterocycles. The summed E-state index contributed by atoms with van der Waals surface area (Å²) in [4.78, 5) is 13.6. The van der Waals surface area contributed by atoms with E-state index >= 15 is 0 Å². The third-order valence-electron chi connectivity index (χ3n) is 2.68. The van der Waals surface area contributed by atoms with Crippen LogP contribution < -0.4 is 4.90 Å². The van der Waals surface area contributed by atoms with E-state index in [-0.39, 0.29) is 0 Å². The van der Waals surface area contributed by atoms with Crippen LogP contribution in [0.25, 0.3) is 0 Å². The first-order valence-corrected chi connectivity index (χ1v) is 5.85. The normalized spacial score (nSPS) is 14.9. The first-order valence-electron chi connectivity index (χ1n) is 5.03. The van der Waals surface area contributed by atoms with Crippen LogP contribution in [-0.2, 0) is 13.1 Å². The first kappa shape index (κ1) is 9.53.